The largest absolute Gasteiger partial charge is 0.354 e. The number of piperazine rings is 1. The normalized spacial score (nSPS) is 15.5. The molecule has 0 aliphatic carbocycles. The van der Waals surface area contributed by atoms with Crippen molar-refractivity contribution in [3.8, 4) is 5.82 Å². The zero-order chi connectivity index (χ0) is 21.4. The molecule has 5 rings (SSSR count). The summed E-state index contributed by atoms with van der Waals surface area (Å²) in [4.78, 5) is 11.1. The number of aryl methyl sites for hydroxylation is 1. The van der Waals surface area contributed by atoms with Crippen LogP contribution in [0.5, 0.6) is 0 Å². The maximum absolute atomic E-state index is 13.2. The van der Waals surface area contributed by atoms with Crippen LogP contribution in [0.1, 0.15) is 5.69 Å². The van der Waals surface area contributed by atoms with E-state index in [1.165, 1.54) is 6.33 Å². The van der Waals surface area contributed by atoms with Gasteiger partial charge in [0.05, 0.1) is 10.6 Å². The maximum atomic E-state index is 13.2. The van der Waals surface area contributed by atoms with Gasteiger partial charge in [0, 0.05) is 38.4 Å². The van der Waals surface area contributed by atoms with Gasteiger partial charge in [-0.2, -0.15) is 9.40 Å². The van der Waals surface area contributed by atoms with Crippen molar-refractivity contribution in [3.05, 3.63) is 72.8 Å². The molecular weight excluding hydrogens is 412 g/mol. The Balaban J connectivity index is 1.33. The van der Waals surface area contributed by atoms with Gasteiger partial charge in [-0.15, -0.1) is 0 Å². The van der Waals surface area contributed by atoms with E-state index < -0.39 is 10.0 Å². The highest BCUT2D eigenvalue weighted by atomic mass is 32.2. The van der Waals surface area contributed by atoms with Crippen molar-refractivity contribution in [1.82, 2.24) is 24.1 Å². The van der Waals surface area contributed by atoms with Crippen LogP contribution in [0.2, 0.25) is 0 Å². The molecule has 0 atom stereocenters. The second-order valence-corrected chi connectivity index (χ2v) is 9.47. The average Bonchev–Trinajstić information content (AvgIpc) is 3.25. The summed E-state index contributed by atoms with van der Waals surface area (Å²) in [6.07, 6.45) is 3.37. The second-order valence-electron chi connectivity index (χ2n) is 7.54. The fourth-order valence-electron chi connectivity index (χ4n) is 3.81. The van der Waals surface area contributed by atoms with Crippen molar-refractivity contribution < 1.29 is 8.42 Å². The molecule has 9 heteroatoms. The molecule has 0 bridgehead atoms. The smallest absolute Gasteiger partial charge is 0.243 e. The molecule has 0 unspecified atom stereocenters. The van der Waals surface area contributed by atoms with Gasteiger partial charge in [-0.1, -0.05) is 30.3 Å². The number of benzene rings is 2. The average molecular weight is 435 g/mol. The van der Waals surface area contributed by atoms with E-state index in [9.17, 15) is 8.42 Å². The van der Waals surface area contributed by atoms with Gasteiger partial charge in [-0.05, 0) is 35.9 Å². The van der Waals surface area contributed by atoms with Gasteiger partial charge < -0.3 is 4.90 Å². The molecule has 2 aromatic heterocycles. The summed E-state index contributed by atoms with van der Waals surface area (Å²) in [5, 5.41) is 6.33. The van der Waals surface area contributed by atoms with Gasteiger partial charge in [-0.25, -0.2) is 23.1 Å². The van der Waals surface area contributed by atoms with Crippen molar-refractivity contribution in [2.75, 3.05) is 31.1 Å². The molecule has 1 fully saturated rings. The molecule has 0 saturated carbocycles. The highest BCUT2D eigenvalue weighted by Gasteiger charge is 2.29. The molecule has 0 amide bonds. The van der Waals surface area contributed by atoms with Gasteiger partial charge in [0.15, 0.2) is 5.82 Å². The van der Waals surface area contributed by atoms with E-state index in [2.05, 4.69) is 20.0 Å². The molecule has 3 heterocycles. The van der Waals surface area contributed by atoms with Crippen LogP contribution in [0.15, 0.2) is 72.0 Å². The number of aromatic nitrogens is 4. The lowest BCUT2D eigenvalue weighted by Crippen LogP contribution is -2.48. The number of rotatable bonds is 4. The molecule has 31 heavy (non-hydrogen) atoms. The van der Waals surface area contributed by atoms with E-state index in [-0.39, 0.29) is 0 Å². The molecule has 1 aliphatic heterocycles. The third-order valence-corrected chi connectivity index (χ3v) is 7.41. The number of sulfonamides is 1. The van der Waals surface area contributed by atoms with Crippen LogP contribution in [-0.2, 0) is 10.0 Å². The van der Waals surface area contributed by atoms with Gasteiger partial charge in [0.25, 0.3) is 0 Å². The van der Waals surface area contributed by atoms with Crippen molar-refractivity contribution in [1.29, 1.82) is 0 Å². The predicted octanol–water partition coefficient (Wildman–Crippen LogP) is 2.63. The third kappa shape index (κ3) is 3.77. The Labute approximate surface area is 180 Å². The van der Waals surface area contributed by atoms with Crippen LogP contribution in [-0.4, -0.2) is 58.7 Å². The minimum Gasteiger partial charge on any atom is -0.354 e. The van der Waals surface area contributed by atoms with Crippen LogP contribution >= 0.6 is 0 Å². The lowest BCUT2D eigenvalue weighted by atomic mass is 10.1. The lowest BCUT2D eigenvalue weighted by Gasteiger charge is -2.34. The number of hydrogen-bond acceptors (Lipinski definition) is 6. The predicted molar refractivity (Wildman–Crippen MR) is 119 cm³/mol. The van der Waals surface area contributed by atoms with Gasteiger partial charge in [0.1, 0.15) is 12.1 Å². The molecule has 0 spiro atoms. The molecule has 1 aliphatic rings. The molecule has 158 valence electrons. The zero-order valence-corrected chi connectivity index (χ0v) is 17.9. The lowest BCUT2D eigenvalue weighted by molar-refractivity contribution is 0.384. The quantitative estimate of drug-likeness (QED) is 0.491. The van der Waals surface area contributed by atoms with Crippen LogP contribution in [0.4, 0.5) is 5.82 Å². The number of hydrogen-bond donors (Lipinski definition) is 0. The Morgan fingerprint density at radius 1 is 0.839 bits per heavy atom. The monoisotopic (exact) mass is 434 g/mol. The second kappa shape index (κ2) is 7.75. The van der Waals surface area contributed by atoms with E-state index >= 15 is 0 Å². The summed E-state index contributed by atoms with van der Waals surface area (Å²) < 4.78 is 29.6. The molecule has 0 radical (unpaired) electrons. The zero-order valence-electron chi connectivity index (χ0n) is 17.1. The fraction of sp³-hybridized carbons (Fsp3) is 0.227. The van der Waals surface area contributed by atoms with E-state index in [4.69, 9.17) is 0 Å². The van der Waals surface area contributed by atoms with Gasteiger partial charge in [0.2, 0.25) is 10.0 Å². The number of anilines is 1. The summed E-state index contributed by atoms with van der Waals surface area (Å²) in [6, 6.07) is 16.9. The molecule has 4 aromatic rings. The van der Waals surface area contributed by atoms with Crippen molar-refractivity contribution in [3.63, 3.8) is 0 Å². The number of nitrogens with zero attached hydrogens (tertiary/aromatic N) is 6. The Bertz CT molecular complexity index is 1340. The Morgan fingerprint density at radius 3 is 2.32 bits per heavy atom. The van der Waals surface area contributed by atoms with E-state index in [0.717, 1.165) is 22.3 Å². The van der Waals surface area contributed by atoms with E-state index in [1.54, 1.807) is 21.1 Å². The van der Waals surface area contributed by atoms with E-state index in [0.29, 0.717) is 36.9 Å². The minimum atomic E-state index is -3.55. The summed E-state index contributed by atoms with van der Waals surface area (Å²) >= 11 is 0. The highest BCUT2D eigenvalue weighted by molar-refractivity contribution is 7.89. The van der Waals surface area contributed by atoms with Crippen molar-refractivity contribution >= 4 is 26.6 Å². The third-order valence-electron chi connectivity index (χ3n) is 5.52. The molecule has 1 saturated heterocycles. The minimum absolute atomic E-state index is 0.332. The topological polar surface area (TPSA) is 84.2 Å². The first-order valence-corrected chi connectivity index (χ1v) is 11.5. The molecule has 2 aromatic carbocycles. The first kappa shape index (κ1) is 19.7. The van der Waals surface area contributed by atoms with Gasteiger partial charge >= 0.3 is 0 Å². The van der Waals surface area contributed by atoms with Crippen molar-refractivity contribution in [2.24, 2.45) is 0 Å². The van der Waals surface area contributed by atoms with Crippen LogP contribution in [0.3, 0.4) is 0 Å². The Hall–Kier alpha value is -3.30. The van der Waals surface area contributed by atoms with Crippen molar-refractivity contribution in [2.45, 2.75) is 11.8 Å². The summed E-state index contributed by atoms with van der Waals surface area (Å²) in [5.41, 5.74) is 0.910. The van der Waals surface area contributed by atoms with Crippen LogP contribution < -0.4 is 4.90 Å². The van der Waals surface area contributed by atoms with E-state index in [1.807, 2.05) is 55.6 Å². The standard InChI is InChI=1S/C22H22N6O2S/c1-17-8-9-28(25-17)22-15-21(23-16-24-22)26-10-12-27(13-11-26)31(29,30)20-7-6-18-4-2-3-5-19(18)14-20/h2-9,14-16H,10-13H2,1H3. The summed E-state index contributed by atoms with van der Waals surface area (Å²) in [5.74, 6) is 1.45. The first-order chi connectivity index (χ1) is 15.0. The molecular formula is C22H22N6O2S. The summed E-state index contributed by atoms with van der Waals surface area (Å²) in [6.45, 7) is 3.83. The van der Waals surface area contributed by atoms with Crippen LogP contribution in [0.25, 0.3) is 16.6 Å². The fourth-order valence-corrected chi connectivity index (χ4v) is 5.27. The van der Waals surface area contributed by atoms with Gasteiger partial charge in [-0.3, -0.25) is 0 Å². The Kier molecular flexibility index (Phi) is 4.91. The maximum Gasteiger partial charge on any atom is 0.243 e. The Morgan fingerprint density at radius 2 is 1.58 bits per heavy atom. The summed E-state index contributed by atoms with van der Waals surface area (Å²) in [7, 11) is -3.55. The first-order valence-electron chi connectivity index (χ1n) is 10.1. The highest BCUT2D eigenvalue weighted by Crippen LogP contribution is 2.24. The SMILES string of the molecule is Cc1ccn(-c2cc(N3CCN(S(=O)(=O)c4ccc5ccccc5c4)CC3)ncn2)n1. The molecule has 8 nitrogen and oxygen atoms in total. The number of fused-ring (bicyclic) bond motifs is 1. The molecule has 0 N–H and O–H groups in total. The van der Waals surface area contributed by atoms with Crippen LogP contribution in [0, 0.1) is 6.92 Å².